The maximum absolute atomic E-state index is 11.6. The van der Waals surface area contributed by atoms with Gasteiger partial charge in [0.2, 0.25) is 0 Å². The molecule has 0 aromatic carbocycles. The summed E-state index contributed by atoms with van der Waals surface area (Å²) in [5, 5.41) is 8.76. The van der Waals surface area contributed by atoms with Crippen LogP contribution in [0.3, 0.4) is 0 Å². The van der Waals surface area contributed by atoms with Crippen molar-refractivity contribution in [1.29, 1.82) is 0 Å². The van der Waals surface area contributed by atoms with Gasteiger partial charge in [0.15, 0.2) is 0 Å². The fourth-order valence-electron chi connectivity index (χ4n) is 1.53. The SMILES string of the molecule is CCONS(=O)(=O)N1CCC(C(=O)O)CC1. The molecule has 1 saturated heterocycles. The van der Waals surface area contributed by atoms with E-state index in [4.69, 9.17) is 5.11 Å². The Morgan fingerprint density at radius 3 is 2.50 bits per heavy atom. The van der Waals surface area contributed by atoms with Crippen LogP contribution in [0.4, 0.5) is 0 Å². The molecule has 1 fully saturated rings. The van der Waals surface area contributed by atoms with Crippen LogP contribution in [0, 0.1) is 5.92 Å². The van der Waals surface area contributed by atoms with Crippen molar-refractivity contribution >= 4 is 16.2 Å². The summed E-state index contributed by atoms with van der Waals surface area (Å²) in [5.74, 6) is -1.31. The van der Waals surface area contributed by atoms with Gasteiger partial charge >= 0.3 is 16.2 Å². The van der Waals surface area contributed by atoms with Gasteiger partial charge in [-0.15, -0.1) is 0 Å². The number of carboxylic acids is 1. The molecule has 0 spiro atoms. The van der Waals surface area contributed by atoms with Crippen molar-refractivity contribution in [1.82, 2.24) is 9.19 Å². The van der Waals surface area contributed by atoms with Crippen molar-refractivity contribution in [2.75, 3.05) is 19.7 Å². The van der Waals surface area contributed by atoms with E-state index in [0.717, 1.165) is 0 Å². The fourth-order valence-corrected chi connectivity index (χ4v) is 2.59. The third-order valence-corrected chi connectivity index (χ3v) is 3.83. The van der Waals surface area contributed by atoms with E-state index in [1.165, 1.54) is 4.31 Å². The molecule has 1 rings (SSSR count). The Balaban J connectivity index is 2.50. The van der Waals surface area contributed by atoms with Crippen molar-refractivity contribution in [3.8, 4) is 0 Å². The highest BCUT2D eigenvalue weighted by Gasteiger charge is 2.30. The Hall–Kier alpha value is -0.700. The van der Waals surface area contributed by atoms with E-state index in [1.54, 1.807) is 6.92 Å². The van der Waals surface area contributed by atoms with Crippen LogP contribution in [0.5, 0.6) is 0 Å². The molecule has 0 bridgehead atoms. The minimum absolute atomic E-state index is 0.208. The lowest BCUT2D eigenvalue weighted by Crippen LogP contribution is -2.45. The second kappa shape index (κ2) is 5.58. The number of carboxylic acid groups (broad SMARTS) is 1. The molecular formula is C8H16N2O5S. The van der Waals surface area contributed by atoms with Gasteiger partial charge in [-0.25, -0.2) is 0 Å². The standard InChI is InChI=1S/C8H16N2O5S/c1-2-15-9-16(13,14)10-5-3-7(4-6-10)8(11)12/h7,9H,2-6H2,1H3,(H,11,12). The Bertz CT molecular complexity index is 334. The summed E-state index contributed by atoms with van der Waals surface area (Å²) >= 11 is 0. The lowest BCUT2D eigenvalue weighted by molar-refractivity contribution is -0.142. The number of carbonyl (C=O) groups is 1. The van der Waals surface area contributed by atoms with Crippen molar-refractivity contribution in [2.24, 2.45) is 5.92 Å². The van der Waals surface area contributed by atoms with Crippen LogP contribution >= 0.6 is 0 Å². The number of hydrogen-bond donors (Lipinski definition) is 2. The minimum Gasteiger partial charge on any atom is -0.481 e. The molecule has 0 unspecified atom stereocenters. The average molecular weight is 252 g/mol. The van der Waals surface area contributed by atoms with Crippen LogP contribution < -0.4 is 4.89 Å². The molecule has 2 N–H and O–H groups in total. The first kappa shape index (κ1) is 13.4. The quantitative estimate of drug-likeness (QED) is 0.647. The first-order valence-corrected chi connectivity index (χ1v) is 6.53. The van der Waals surface area contributed by atoms with E-state index < -0.39 is 22.1 Å². The predicted octanol–water partition coefficient (Wildman–Crippen LogP) is -0.431. The van der Waals surface area contributed by atoms with Gasteiger partial charge in [-0.2, -0.15) is 12.7 Å². The monoisotopic (exact) mass is 252 g/mol. The molecule has 1 aliphatic rings. The Morgan fingerprint density at radius 2 is 2.06 bits per heavy atom. The average Bonchev–Trinajstić information content (AvgIpc) is 2.26. The molecule has 16 heavy (non-hydrogen) atoms. The lowest BCUT2D eigenvalue weighted by Gasteiger charge is -2.28. The van der Waals surface area contributed by atoms with Gasteiger partial charge in [0.1, 0.15) is 0 Å². The van der Waals surface area contributed by atoms with Crippen LogP contribution in [0.15, 0.2) is 0 Å². The van der Waals surface area contributed by atoms with Crippen molar-refractivity contribution in [3.05, 3.63) is 0 Å². The molecule has 0 aromatic heterocycles. The van der Waals surface area contributed by atoms with Gasteiger partial charge in [0, 0.05) is 13.1 Å². The number of aliphatic carboxylic acids is 1. The van der Waals surface area contributed by atoms with Gasteiger partial charge in [-0.1, -0.05) is 4.89 Å². The zero-order valence-corrected chi connectivity index (χ0v) is 9.87. The minimum atomic E-state index is -3.63. The summed E-state index contributed by atoms with van der Waals surface area (Å²) < 4.78 is 24.3. The van der Waals surface area contributed by atoms with Crippen LogP contribution in [-0.4, -0.2) is 43.5 Å². The summed E-state index contributed by atoms with van der Waals surface area (Å²) in [4.78, 5) is 17.3. The second-order valence-corrected chi connectivity index (χ2v) is 5.17. The summed E-state index contributed by atoms with van der Waals surface area (Å²) in [6, 6.07) is 0. The first-order valence-electron chi connectivity index (χ1n) is 5.09. The molecule has 0 aromatic rings. The molecule has 0 atom stereocenters. The third kappa shape index (κ3) is 3.41. The van der Waals surface area contributed by atoms with Gasteiger partial charge in [-0.3, -0.25) is 9.63 Å². The summed E-state index contributed by atoms with van der Waals surface area (Å²) in [6.07, 6.45) is 0.671. The smallest absolute Gasteiger partial charge is 0.306 e. The van der Waals surface area contributed by atoms with Gasteiger partial charge in [0.05, 0.1) is 12.5 Å². The molecule has 7 nitrogen and oxygen atoms in total. The summed E-state index contributed by atoms with van der Waals surface area (Å²) in [6.45, 7) is 2.32. The number of hydrogen-bond acceptors (Lipinski definition) is 4. The summed E-state index contributed by atoms with van der Waals surface area (Å²) in [5.41, 5.74) is 0. The van der Waals surface area contributed by atoms with Crippen LogP contribution in [-0.2, 0) is 19.8 Å². The molecule has 1 heterocycles. The van der Waals surface area contributed by atoms with Crippen LogP contribution in [0.25, 0.3) is 0 Å². The highest BCUT2D eigenvalue weighted by molar-refractivity contribution is 7.87. The van der Waals surface area contributed by atoms with Crippen LogP contribution in [0.1, 0.15) is 19.8 Å². The molecule has 0 saturated carbocycles. The number of rotatable bonds is 5. The molecule has 0 radical (unpaired) electrons. The van der Waals surface area contributed by atoms with E-state index in [2.05, 4.69) is 4.84 Å². The predicted molar refractivity (Wildman–Crippen MR) is 55.6 cm³/mol. The highest BCUT2D eigenvalue weighted by Crippen LogP contribution is 2.18. The molecule has 0 aliphatic carbocycles. The number of nitrogens with one attached hydrogen (secondary N) is 1. The lowest BCUT2D eigenvalue weighted by atomic mass is 9.99. The van der Waals surface area contributed by atoms with Gasteiger partial charge in [-0.05, 0) is 19.8 Å². The molecule has 1 aliphatic heterocycles. The molecular weight excluding hydrogens is 236 g/mol. The Kier molecular flexibility index (Phi) is 4.66. The largest absolute Gasteiger partial charge is 0.481 e. The van der Waals surface area contributed by atoms with E-state index in [0.29, 0.717) is 12.8 Å². The van der Waals surface area contributed by atoms with Gasteiger partial charge < -0.3 is 5.11 Å². The molecule has 94 valence electrons. The second-order valence-electron chi connectivity index (χ2n) is 3.53. The zero-order valence-electron chi connectivity index (χ0n) is 9.05. The van der Waals surface area contributed by atoms with Gasteiger partial charge in [0.25, 0.3) is 0 Å². The maximum Gasteiger partial charge on any atom is 0.306 e. The van der Waals surface area contributed by atoms with Crippen LogP contribution in [0.2, 0.25) is 0 Å². The molecule has 8 heteroatoms. The maximum atomic E-state index is 11.6. The van der Waals surface area contributed by atoms with E-state index in [9.17, 15) is 13.2 Å². The number of nitrogens with zero attached hydrogens (tertiary/aromatic N) is 1. The third-order valence-electron chi connectivity index (χ3n) is 2.45. The Labute approximate surface area is 94.5 Å². The first-order chi connectivity index (χ1) is 7.47. The van der Waals surface area contributed by atoms with E-state index >= 15 is 0 Å². The number of piperidine rings is 1. The van der Waals surface area contributed by atoms with E-state index in [-0.39, 0.29) is 19.7 Å². The highest BCUT2D eigenvalue weighted by atomic mass is 32.2. The normalized spacial score (nSPS) is 19.8. The molecule has 0 amide bonds. The summed E-state index contributed by atoms with van der Waals surface area (Å²) in [7, 11) is -3.63. The topological polar surface area (TPSA) is 95.9 Å². The van der Waals surface area contributed by atoms with Crippen molar-refractivity contribution in [3.63, 3.8) is 0 Å². The van der Waals surface area contributed by atoms with E-state index in [1.807, 2.05) is 4.89 Å². The zero-order chi connectivity index (χ0) is 12.2. The van der Waals surface area contributed by atoms with Crippen molar-refractivity contribution < 1.29 is 23.2 Å². The van der Waals surface area contributed by atoms with Crippen molar-refractivity contribution in [2.45, 2.75) is 19.8 Å². The fraction of sp³-hybridized carbons (Fsp3) is 0.875. The Morgan fingerprint density at radius 1 is 1.50 bits per heavy atom.